The Morgan fingerprint density at radius 3 is 2.68 bits per heavy atom. The van der Waals surface area contributed by atoms with E-state index in [1.54, 1.807) is 0 Å². The number of rotatable bonds is 6. The second kappa shape index (κ2) is 7.17. The van der Waals surface area contributed by atoms with Crippen LogP contribution in [-0.4, -0.2) is 25.1 Å². The normalized spacial score (nSPS) is 22.1. The Labute approximate surface area is 116 Å². The van der Waals surface area contributed by atoms with Crippen LogP contribution >= 0.6 is 0 Å². The SMILES string of the molecule is CCNC(=NCCCc1ccccc1)NC1CC1C. The van der Waals surface area contributed by atoms with E-state index in [2.05, 4.69) is 59.8 Å². The number of benzene rings is 1. The number of nitrogens with zero attached hydrogens (tertiary/aromatic N) is 1. The predicted octanol–water partition coefficient (Wildman–Crippen LogP) is 2.58. The van der Waals surface area contributed by atoms with Gasteiger partial charge in [0.15, 0.2) is 5.96 Å². The monoisotopic (exact) mass is 259 g/mol. The van der Waals surface area contributed by atoms with Crippen molar-refractivity contribution in [2.75, 3.05) is 13.1 Å². The first-order valence-electron chi connectivity index (χ1n) is 7.38. The molecular formula is C16H25N3. The van der Waals surface area contributed by atoms with Crippen LogP contribution in [0.25, 0.3) is 0 Å². The van der Waals surface area contributed by atoms with Crippen LogP contribution in [0.2, 0.25) is 0 Å². The maximum atomic E-state index is 4.64. The van der Waals surface area contributed by atoms with E-state index in [0.717, 1.165) is 37.8 Å². The predicted molar refractivity (Wildman–Crippen MR) is 81.4 cm³/mol. The first kappa shape index (κ1) is 13.9. The van der Waals surface area contributed by atoms with Gasteiger partial charge in [-0.3, -0.25) is 4.99 Å². The van der Waals surface area contributed by atoms with Crippen molar-refractivity contribution in [3.63, 3.8) is 0 Å². The molecule has 0 amide bonds. The second-order valence-corrected chi connectivity index (χ2v) is 5.31. The third kappa shape index (κ3) is 4.93. The molecule has 2 unspecified atom stereocenters. The summed E-state index contributed by atoms with van der Waals surface area (Å²) < 4.78 is 0. The molecule has 0 bridgehead atoms. The van der Waals surface area contributed by atoms with Gasteiger partial charge < -0.3 is 10.6 Å². The summed E-state index contributed by atoms with van der Waals surface area (Å²) in [6.45, 7) is 6.19. The van der Waals surface area contributed by atoms with Gasteiger partial charge in [-0.15, -0.1) is 0 Å². The molecule has 1 aromatic carbocycles. The fraction of sp³-hybridized carbons (Fsp3) is 0.562. The molecule has 0 saturated heterocycles. The number of guanidine groups is 1. The lowest BCUT2D eigenvalue weighted by Crippen LogP contribution is -2.39. The zero-order valence-corrected chi connectivity index (χ0v) is 12.0. The largest absolute Gasteiger partial charge is 0.357 e. The molecular weight excluding hydrogens is 234 g/mol. The van der Waals surface area contributed by atoms with Crippen molar-refractivity contribution in [2.45, 2.75) is 39.2 Å². The van der Waals surface area contributed by atoms with Gasteiger partial charge in [-0.1, -0.05) is 37.3 Å². The summed E-state index contributed by atoms with van der Waals surface area (Å²) in [7, 11) is 0. The smallest absolute Gasteiger partial charge is 0.191 e. The molecule has 1 fully saturated rings. The van der Waals surface area contributed by atoms with E-state index in [1.807, 2.05) is 0 Å². The van der Waals surface area contributed by atoms with Crippen molar-refractivity contribution in [1.82, 2.24) is 10.6 Å². The minimum absolute atomic E-state index is 0.631. The molecule has 1 aromatic rings. The molecule has 1 aliphatic carbocycles. The van der Waals surface area contributed by atoms with Crippen molar-refractivity contribution in [3.05, 3.63) is 35.9 Å². The highest BCUT2D eigenvalue weighted by Gasteiger charge is 2.33. The van der Waals surface area contributed by atoms with E-state index in [0.29, 0.717) is 6.04 Å². The molecule has 2 rings (SSSR count). The Kier molecular flexibility index (Phi) is 5.25. The van der Waals surface area contributed by atoms with Gasteiger partial charge in [0.1, 0.15) is 0 Å². The lowest BCUT2D eigenvalue weighted by atomic mass is 10.1. The van der Waals surface area contributed by atoms with Crippen LogP contribution in [0.5, 0.6) is 0 Å². The van der Waals surface area contributed by atoms with E-state index < -0.39 is 0 Å². The third-order valence-electron chi connectivity index (χ3n) is 3.51. The molecule has 2 atom stereocenters. The molecule has 0 aliphatic heterocycles. The first-order valence-corrected chi connectivity index (χ1v) is 7.38. The summed E-state index contributed by atoms with van der Waals surface area (Å²) in [5.41, 5.74) is 1.39. The van der Waals surface area contributed by atoms with Gasteiger partial charge in [-0.25, -0.2) is 0 Å². The molecule has 19 heavy (non-hydrogen) atoms. The lowest BCUT2D eigenvalue weighted by Gasteiger charge is -2.10. The van der Waals surface area contributed by atoms with Crippen LogP contribution in [0.4, 0.5) is 0 Å². The minimum atomic E-state index is 0.631. The van der Waals surface area contributed by atoms with Crippen LogP contribution in [0.15, 0.2) is 35.3 Å². The maximum absolute atomic E-state index is 4.64. The van der Waals surface area contributed by atoms with Gasteiger partial charge in [0.2, 0.25) is 0 Å². The summed E-state index contributed by atoms with van der Waals surface area (Å²) in [6, 6.07) is 11.2. The molecule has 1 aliphatic rings. The Bertz CT molecular complexity index is 400. The van der Waals surface area contributed by atoms with E-state index in [4.69, 9.17) is 0 Å². The Morgan fingerprint density at radius 2 is 2.05 bits per heavy atom. The maximum Gasteiger partial charge on any atom is 0.191 e. The van der Waals surface area contributed by atoms with Crippen LogP contribution in [-0.2, 0) is 6.42 Å². The van der Waals surface area contributed by atoms with Crippen molar-refractivity contribution in [1.29, 1.82) is 0 Å². The number of hydrogen-bond donors (Lipinski definition) is 2. The Hall–Kier alpha value is -1.51. The first-order chi connectivity index (χ1) is 9.29. The van der Waals surface area contributed by atoms with Gasteiger partial charge in [0, 0.05) is 19.1 Å². The number of aryl methyl sites for hydroxylation is 1. The van der Waals surface area contributed by atoms with E-state index >= 15 is 0 Å². The van der Waals surface area contributed by atoms with Crippen molar-refractivity contribution >= 4 is 5.96 Å². The van der Waals surface area contributed by atoms with Crippen molar-refractivity contribution in [3.8, 4) is 0 Å². The standard InChI is InChI=1S/C16H25N3/c1-3-17-16(19-15-12-13(15)2)18-11-7-10-14-8-5-4-6-9-14/h4-6,8-9,13,15H,3,7,10-12H2,1-2H3,(H2,17,18,19). The fourth-order valence-corrected chi connectivity index (χ4v) is 2.14. The highest BCUT2D eigenvalue weighted by Crippen LogP contribution is 2.28. The van der Waals surface area contributed by atoms with Gasteiger partial charge in [-0.2, -0.15) is 0 Å². The molecule has 1 saturated carbocycles. The topological polar surface area (TPSA) is 36.4 Å². The van der Waals surface area contributed by atoms with Crippen LogP contribution < -0.4 is 10.6 Å². The average molecular weight is 259 g/mol. The molecule has 0 radical (unpaired) electrons. The van der Waals surface area contributed by atoms with Gasteiger partial charge >= 0.3 is 0 Å². The third-order valence-corrected chi connectivity index (χ3v) is 3.51. The molecule has 3 heteroatoms. The van der Waals surface area contributed by atoms with E-state index in [1.165, 1.54) is 12.0 Å². The summed E-state index contributed by atoms with van der Waals surface area (Å²) in [5.74, 6) is 1.78. The number of aliphatic imine (C=N–C) groups is 1. The van der Waals surface area contributed by atoms with Crippen molar-refractivity contribution in [2.24, 2.45) is 10.9 Å². The van der Waals surface area contributed by atoms with Gasteiger partial charge in [-0.05, 0) is 37.7 Å². The zero-order valence-electron chi connectivity index (χ0n) is 12.0. The lowest BCUT2D eigenvalue weighted by molar-refractivity contribution is 0.754. The van der Waals surface area contributed by atoms with Gasteiger partial charge in [0.05, 0.1) is 0 Å². The number of nitrogens with one attached hydrogen (secondary N) is 2. The van der Waals surface area contributed by atoms with Crippen molar-refractivity contribution < 1.29 is 0 Å². The Balaban J connectivity index is 1.72. The molecule has 2 N–H and O–H groups in total. The van der Waals surface area contributed by atoms with Gasteiger partial charge in [0.25, 0.3) is 0 Å². The number of hydrogen-bond acceptors (Lipinski definition) is 1. The highest BCUT2D eigenvalue weighted by molar-refractivity contribution is 5.80. The quantitative estimate of drug-likeness (QED) is 0.468. The van der Waals surface area contributed by atoms with Crippen LogP contribution in [0, 0.1) is 5.92 Å². The van der Waals surface area contributed by atoms with E-state index in [9.17, 15) is 0 Å². The summed E-state index contributed by atoms with van der Waals surface area (Å²) in [5, 5.41) is 6.79. The molecule has 0 heterocycles. The molecule has 0 spiro atoms. The highest BCUT2D eigenvalue weighted by atomic mass is 15.2. The van der Waals surface area contributed by atoms with Crippen LogP contribution in [0.3, 0.4) is 0 Å². The van der Waals surface area contributed by atoms with E-state index in [-0.39, 0.29) is 0 Å². The fourth-order valence-electron chi connectivity index (χ4n) is 2.14. The molecule has 3 nitrogen and oxygen atoms in total. The molecule has 0 aromatic heterocycles. The zero-order chi connectivity index (χ0) is 13.5. The second-order valence-electron chi connectivity index (χ2n) is 5.31. The summed E-state index contributed by atoms with van der Waals surface area (Å²) >= 11 is 0. The minimum Gasteiger partial charge on any atom is -0.357 e. The average Bonchev–Trinajstić information content (AvgIpc) is 3.11. The van der Waals surface area contributed by atoms with Crippen LogP contribution in [0.1, 0.15) is 32.3 Å². The summed E-state index contributed by atoms with van der Waals surface area (Å²) in [4.78, 5) is 4.64. The molecule has 104 valence electrons. The Morgan fingerprint density at radius 1 is 1.32 bits per heavy atom. The summed E-state index contributed by atoms with van der Waals surface area (Å²) in [6.07, 6.45) is 3.47.